The Bertz CT molecular complexity index is 566. The standard InChI is InChI=1S/C19H34N6.HI/c1-4-20-19(21-10-12-23(2)18-7-5-6-8-18)25-11-9-16(15-25)17-13-22-24(3)14-17;/h13-14,16,18H,4-12,15H2,1-3H3,(H,20,21);1H. The van der Waals surface area contributed by atoms with Crippen LogP contribution < -0.4 is 5.32 Å². The number of hydrogen-bond acceptors (Lipinski definition) is 3. The van der Waals surface area contributed by atoms with Gasteiger partial charge in [-0.25, -0.2) is 0 Å². The highest BCUT2D eigenvalue weighted by atomic mass is 127. The fourth-order valence-corrected chi connectivity index (χ4v) is 4.14. The molecule has 3 rings (SSSR count). The molecule has 0 spiro atoms. The predicted octanol–water partition coefficient (Wildman–Crippen LogP) is 2.67. The molecule has 0 aromatic carbocycles. The van der Waals surface area contributed by atoms with Crippen molar-refractivity contribution >= 4 is 29.9 Å². The molecule has 1 atom stereocenters. The minimum absolute atomic E-state index is 0. The molecule has 1 unspecified atom stereocenters. The van der Waals surface area contributed by atoms with Crippen LogP contribution in [0, 0.1) is 0 Å². The minimum atomic E-state index is 0. The van der Waals surface area contributed by atoms with Crippen molar-refractivity contribution in [3.63, 3.8) is 0 Å². The monoisotopic (exact) mass is 474 g/mol. The van der Waals surface area contributed by atoms with E-state index in [-0.39, 0.29) is 24.0 Å². The van der Waals surface area contributed by atoms with Crippen molar-refractivity contribution in [3.05, 3.63) is 18.0 Å². The number of nitrogens with one attached hydrogen (secondary N) is 1. The topological polar surface area (TPSA) is 48.7 Å². The Labute approximate surface area is 175 Å². The van der Waals surface area contributed by atoms with E-state index in [2.05, 4.69) is 40.4 Å². The van der Waals surface area contributed by atoms with Crippen LogP contribution in [0.1, 0.15) is 50.5 Å². The van der Waals surface area contributed by atoms with Crippen LogP contribution in [-0.4, -0.2) is 71.4 Å². The summed E-state index contributed by atoms with van der Waals surface area (Å²) in [7, 11) is 4.25. The molecule has 1 aliphatic carbocycles. The van der Waals surface area contributed by atoms with Gasteiger partial charge in [0.05, 0.1) is 12.7 Å². The Kier molecular flexibility index (Phi) is 8.66. The lowest BCUT2D eigenvalue weighted by molar-refractivity contribution is 0.252. The lowest BCUT2D eigenvalue weighted by Gasteiger charge is -2.24. The summed E-state index contributed by atoms with van der Waals surface area (Å²) >= 11 is 0. The maximum atomic E-state index is 4.91. The van der Waals surface area contributed by atoms with E-state index in [1.54, 1.807) is 0 Å². The smallest absolute Gasteiger partial charge is 0.193 e. The van der Waals surface area contributed by atoms with E-state index < -0.39 is 0 Å². The van der Waals surface area contributed by atoms with E-state index in [0.717, 1.165) is 44.7 Å². The van der Waals surface area contributed by atoms with Gasteiger partial charge in [0.2, 0.25) is 0 Å². The summed E-state index contributed by atoms with van der Waals surface area (Å²) in [5.41, 5.74) is 1.35. The largest absolute Gasteiger partial charge is 0.357 e. The molecule has 1 saturated heterocycles. The summed E-state index contributed by atoms with van der Waals surface area (Å²) < 4.78 is 1.90. The van der Waals surface area contributed by atoms with Gasteiger partial charge in [-0.15, -0.1) is 24.0 Å². The normalized spacial score (nSPS) is 21.5. The zero-order chi connectivity index (χ0) is 17.6. The minimum Gasteiger partial charge on any atom is -0.357 e. The Hall–Kier alpha value is -0.830. The summed E-state index contributed by atoms with van der Waals surface area (Å²) in [6.07, 6.45) is 10.8. The van der Waals surface area contributed by atoms with Crippen LogP contribution >= 0.6 is 24.0 Å². The number of nitrogens with zero attached hydrogens (tertiary/aromatic N) is 5. The summed E-state index contributed by atoms with van der Waals surface area (Å²) in [6, 6.07) is 0.777. The second-order valence-electron chi connectivity index (χ2n) is 7.53. The Morgan fingerprint density at radius 3 is 2.77 bits per heavy atom. The number of aryl methyl sites for hydroxylation is 1. The number of likely N-dealkylation sites (N-methyl/N-ethyl adjacent to an activating group) is 1. The molecule has 1 saturated carbocycles. The van der Waals surface area contributed by atoms with E-state index in [4.69, 9.17) is 4.99 Å². The van der Waals surface area contributed by atoms with Gasteiger partial charge in [0.25, 0.3) is 0 Å². The molecular formula is C19H35IN6. The second kappa shape index (κ2) is 10.5. The first-order chi connectivity index (χ1) is 12.2. The molecule has 0 radical (unpaired) electrons. The first-order valence-electron chi connectivity index (χ1n) is 9.89. The van der Waals surface area contributed by atoms with Gasteiger partial charge < -0.3 is 15.1 Å². The molecule has 148 valence electrons. The number of halogens is 1. The number of hydrogen-bond donors (Lipinski definition) is 1. The van der Waals surface area contributed by atoms with Crippen molar-refractivity contribution in [1.29, 1.82) is 0 Å². The third-order valence-electron chi connectivity index (χ3n) is 5.68. The lowest BCUT2D eigenvalue weighted by atomic mass is 10.0. The molecule has 7 heteroatoms. The first kappa shape index (κ1) is 21.5. The molecule has 0 bridgehead atoms. The van der Waals surface area contributed by atoms with E-state index in [0.29, 0.717) is 5.92 Å². The quantitative estimate of drug-likeness (QED) is 0.392. The molecule has 26 heavy (non-hydrogen) atoms. The van der Waals surface area contributed by atoms with Crippen LogP contribution in [0.4, 0.5) is 0 Å². The Balaban J connectivity index is 0.00000243. The molecule has 1 aromatic heterocycles. The number of likely N-dealkylation sites (tertiary alicyclic amines) is 1. The molecule has 1 N–H and O–H groups in total. The molecular weight excluding hydrogens is 439 g/mol. The maximum absolute atomic E-state index is 4.91. The van der Waals surface area contributed by atoms with Crippen LogP contribution in [0.3, 0.4) is 0 Å². The van der Waals surface area contributed by atoms with Crippen LogP contribution in [0.5, 0.6) is 0 Å². The molecule has 2 fully saturated rings. The average molecular weight is 474 g/mol. The van der Waals surface area contributed by atoms with Gasteiger partial charge in [-0.2, -0.15) is 5.10 Å². The van der Waals surface area contributed by atoms with Crippen LogP contribution in [-0.2, 0) is 7.05 Å². The Morgan fingerprint density at radius 2 is 2.12 bits per heavy atom. The van der Waals surface area contributed by atoms with Crippen molar-refractivity contribution in [2.24, 2.45) is 12.0 Å². The fourth-order valence-electron chi connectivity index (χ4n) is 4.14. The number of rotatable bonds is 6. The van der Waals surface area contributed by atoms with Crippen molar-refractivity contribution in [2.75, 3.05) is 39.8 Å². The van der Waals surface area contributed by atoms with Gasteiger partial charge >= 0.3 is 0 Å². The van der Waals surface area contributed by atoms with E-state index in [1.807, 2.05) is 17.9 Å². The highest BCUT2D eigenvalue weighted by Crippen LogP contribution is 2.26. The van der Waals surface area contributed by atoms with Gasteiger partial charge in [-0.05, 0) is 38.8 Å². The highest BCUT2D eigenvalue weighted by Gasteiger charge is 2.27. The zero-order valence-corrected chi connectivity index (χ0v) is 18.9. The molecule has 1 aliphatic heterocycles. The van der Waals surface area contributed by atoms with Crippen LogP contribution in [0.2, 0.25) is 0 Å². The van der Waals surface area contributed by atoms with Gasteiger partial charge in [-0.3, -0.25) is 9.67 Å². The summed E-state index contributed by atoms with van der Waals surface area (Å²) in [6.45, 7) is 7.11. The molecule has 2 aliphatic rings. The summed E-state index contributed by atoms with van der Waals surface area (Å²) in [5, 5.41) is 7.80. The highest BCUT2D eigenvalue weighted by molar-refractivity contribution is 14.0. The van der Waals surface area contributed by atoms with E-state index in [1.165, 1.54) is 37.7 Å². The number of guanidine groups is 1. The summed E-state index contributed by atoms with van der Waals surface area (Å²) in [5.74, 6) is 1.65. The van der Waals surface area contributed by atoms with Crippen molar-refractivity contribution < 1.29 is 0 Å². The van der Waals surface area contributed by atoms with E-state index >= 15 is 0 Å². The summed E-state index contributed by atoms with van der Waals surface area (Å²) in [4.78, 5) is 9.83. The predicted molar refractivity (Wildman–Crippen MR) is 118 cm³/mol. The van der Waals surface area contributed by atoms with Gasteiger partial charge in [-0.1, -0.05) is 12.8 Å². The van der Waals surface area contributed by atoms with Crippen molar-refractivity contribution in [1.82, 2.24) is 24.9 Å². The van der Waals surface area contributed by atoms with Crippen molar-refractivity contribution in [3.8, 4) is 0 Å². The molecule has 0 amide bonds. The van der Waals surface area contributed by atoms with Gasteiger partial charge in [0, 0.05) is 51.4 Å². The van der Waals surface area contributed by atoms with E-state index in [9.17, 15) is 0 Å². The number of aromatic nitrogens is 2. The van der Waals surface area contributed by atoms with Gasteiger partial charge in [0.1, 0.15) is 0 Å². The second-order valence-corrected chi connectivity index (χ2v) is 7.53. The third kappa shape index (κ3) is 5.58. The van der Waals surface area contributed by atoms with Crippen LogP contribution in [0.15, 0.2) is 17.4 Å². The van der Waals surface area contributed by atoms with Crippen LogP contribution in [0.25, 0.3) is 0 Å². The zero-order valence-electron chi connectivity index (χ0n) is 16.5. The number of aliphatic imine (C=N–C) groups is 1. The van der Waals surface area contributed by atoms with Gasteiger partial charge in [0.15, 0.2) is 5.96 Å². The fraction of sp³-hybridized carbons (Fsp3) is 0.789. The molecule has 6 nitrogen and oxygen atoms in total. The SMILES string of the molecule is CCNC(=NCCN(C)C1CCCC1)N1CCC(c2cnn(C)c2)C1.I. The lowest BCUT2D eigenvalue weighted by Crippen LogP contribution is -2.40. The maximum Gasteiger partial charge on any atom is 0.193 e. The average Bonchev–Trinajstić information content (AvgIpc) is 3.34. The Morgan fingerprint density at radius 1 is 1.35 bits per heavy atom. The van der Waals surface area contributed by atoms with Crippen molar-refractivity contribution in [2.45, 2.75) is 51.0 Å². The third-order valence-corrected chi connectivity index (χ3v) is 5.68. The first-order valence-corrected chi connectivity index (χ1v) is 9.89. The molecule has 2 heterocycles. The molecule has 1 aromatic rings.